The highest BCUT2D eigenvalue weighted by molar-refractivity contribution is 14.1. The van der Waals surface area contributed by atoms with E-state index >= 15 is 0 Å². The molecule has 0 radical (unpaired) electrons. The van der Waals surface area contributed by atoms with Gasteiger partial charge >= 0.3 is 0 Å². The Labute approximate surface area is 85.9 Å². The van der Waals surface area contributed by atoms with E-state index in [1.807, 2.05) is 0 Å². The molecule has 1 aliphatic rings. The Morgan fingerprint density at radius 1 is 1.50 bits per heavy atom. The van der Waals surface area contributed by atoms with Crippen LogP contribution in [0.1, 0.15) is 24.2 Å². The third kappa shape index (κ3) is 1.27. The molecule has 0 fully saturated rings. The van der Waals surface area contributed by atoms with Crippen molar-refractivity contribution in [2.75, 3.05) is 0 Å². The summed E-state index contributed by atoms with van der Waals surface area (Å²) in [5.74, 6) is 0.387. The van der Waals surface area contributed by atoms with E-state index < -0.39 is 0 Å². The lowest BCUT2D eigenvalue weighted by Gasteiger charge is -2.07. The van der Waals surface area contributed by atoms with Crippen LogP contribution in [0.3, 0.4) is 0 Å². The van der Waals surface area contributed by atoms with Gasteiger partial charge in [-0.25, -0.2) is 0 Å². The fraction of sp³-hybridized carbons (Fsp3) is 0.400. The molecular formula is C10H11IO. The first-order valence-electron chi connectivity index (χ1n) is 4.15. The summed E-state index contributed by atoms with van der Waals surface area (Å²) >= 11 is 2.28. The Morgan fingerprint density at radius 2 is 2.25 bits per heavy atom. The van der Waals surface area contributed by atoms with Crippen LogP contribution in [0.4, 0.5) is 0 Å². The second-order valence-corrected chi connectivity index (χ2v) is 4.72. The van der Waals surface area contributed by atoms with Gasteiger partial charge in [0.15, 0.2) is 0 Å². The average molecular weight is 274 g/mol. The highest BCUT2D eigenvalue weighted by Crippen LogP contribution is 2.36. The molecule has 1 nitrogen and oxygen atoms in total. The van der Waals surface area contributed by atoms with Gasteiger partial charge in [0, 0.05) is 3.57 Å². The molecule has 0 spiro atoms. The first-order chi connectivity index (χ1) is 5.68. The molecule has 0 aliphatic heterocycles. The Hall–Kier alpha value is -0.0900. The third-order valence-corrected chi connectivity index (χ3v) is 3.18. The number of benzene rings is 1. The van der Waals surface area contributed by atoms with Crippen molar-refractivity contribution in [3.63, 3.8) is 0 Å². The summed E-state index contributed by atoms with van der Waals surface area (Å²) in [5, 5.41) is 9.77. The quantitative estimate of drug-likeness (QED) is 0.721. The van der Waals surface area contributed by atoms with Crippen molar-refractivity contribution in [1.29, 1.82) is 0 Å². The normalized spacial score (nSPS) is 27.2. The van der Waals surface area contributed by atoms with E-state index in [9.17, 15) is 5.11 Å². The van der Waals surface area contributed by atoms with Crippen LogP contribution in [0.5, 0.6) is 0 Å². The topological polar surface area (TPSA) is 20.2 Å². The molecule has 0 amide bonds. The van der Waals surface area contributed by atoms with Gasteiger partial charge in [0.2, 0.25) is 0 Å². The van der Waals surface area contributed by atoms with E-state index in [-0.39, 0.29) is 6.10 Å². The Morgan fingerprint density at radius 3 is 3.00 bits per heavy atom. The van der Waals surface area contributed by atoms with E-state index in [2.05, 4.69) is 47.7 Å². The largest absolute Gasteiger partial charge is 0.388 e. The van der Waals surface area contributed by atoms with Crippen molar-refractivity contribution in [3.05, 3.63) is 32.9 Å². The van der Waals surface area contributed by atoms with Crippen LogP contribution in [0.15, 0.2) is 18.2 Å². The van der Waals surface area contributed by atoms with Gasteiger partial charge in [-0.15, -0.1) is 0 Å². The molecular weight excluding hydrogens is 263 g/mol. The van der Waals surface area contributed by atoms with Gasteiger partial charge in [0.1, 0.15) is 0 Å². The Balaban J connectivity index is 2.48. The van der Waals surface area contributed by atoms with E-state index in [1.54, 1.807) is 0 Å². The number of hydrogen-bond acceptors (Lipinski definition) is 1. The summed E-state index contributed by atoms with van der Waals surface area (Å²) in [4.78, 5) is 0. The SMILES string of the molecule is CC1Cc2ccc(I)cc2C1O. The minimum Gasteiger partial charge on any atom is -0.388 e. The first kappa shape index (κ1) is 8.51. The summed E-state index contributed by atoms with van der Waals surface area (Å²) in [5.41, 5.74) is 2.45. The number of fused-ring (bicyclic) bond motifs is 1. The predicted molar refractivity (Wildman–Crippen MR) is 57.0 cm³/mol. The maximum absolute atomic E-state index is 9.77. The Bertz CT molecular complexity index is 309. The van der Waals surface area contributed by atoms with E-state index in [1.165, 1.54) is 9.13 Å². The van der Waals surface area contributed by atoms with Crippen molar-refractivity contribution in [2.45, 2.75) is 19.4 Å². The van der Waals surface area contributed by atoms with E-state index in [0.717, 1.165) is 12.0 Å². The van der Waals surface area contributed by atoms with Crippen LogP contribution in [0, 0.1) is 9.49 Å². The zero-order valence-electron chi connectivity index (χ0n) is 6.92. The van der Waals surface area contributed by atoms with Gasteiger partial charge in [0.05, 0.1) is 6.10 Å². The molecule has 2 heteroatoms. The van der Waals surface area contributed by atoms with E-state index in [4.69, 9.17) is 0 Å². The van der Waals surface area contributed by atoms with Crippen LogP contribution < -0.4 is 0 Å². The number of aliphatic hydroxyl groups is 1. The van der Waals surface area contributed by atoms with Crippen molar-refractivity contribution >= 4 is 22.6 Å². The summed E-state index contributed by atoms with van der Waals surface area (Å²) < 4.78 is 1.21. The van der Waals surface area contributed by atoms with Gasteiger partial charge < -0.3 is 5.11 Å². The van der Waals surface area contributed by atoms with Crippen molar-refractivity contribution in [3.8, 4) is 0 Å². The maximum atomic E-state index is 9.77. The molecule has 64 valence electrons. The van der Waals surface area contributed by atoms with Crippen LogP contribution in [-0.2, 0) is 6.42 Å². The van der Waals surface area contributed by atoms with Crippen LogP contribution in [-0.4, -0.2) is 5.11 Å². The van der Waals surface area contributed by atoms with Crippen LogP contribution >= 0.6 is 22.6 Å². The molecule has 0 bridgehead atoms. The second-order valence-electron chi connectivity index (χ2n) is 3.47. The molecule has 0 saturated heterocycles. The van der Waals surface area contributed by atoms with Crippen molar-refractivity contribution < 1.29 is 5.11 Å². The molecule has 1 aliphatic carbocycles. The van der Waals surface area contributed by atoms with Gasteiger partial charge in [0.25, 0.3) is 0 Å². The monoisotopic (exact) mass is 274 g/mol. The molecule has 2 rings (SSSR count). The molecule has 1 aromatic carbocycles. The summed E-state index contributed by atoms with van der Waals surface area (Å²) in [6.07, 6.45) is 0.780. The average Bonchev–Trinajstić information content (AvgIpc) is 2.31. The number of hydrogen-bond donors (Lipinski definition) is 1. The second kappa shape index (κ2) is 3.00. The lowest BCUT2D eigenvalue weighted by Crippen LogP contribution is -2.01. The molecule has 0 saturated carbocycles. The van der Waals surface area contributed by atoms with Crippen LogP contribution in [0.2, 0.25) is 0 Å². The minimum absolute atomic E-state index is 0.241. The molecule has 0 heterocycles. The van der Waals surface area contributed by atoms with Gasteiger partial charge in [-0.05, 0) is 58.2 Å². The number of halogens is 1. The van der Waals surface area contributed by atoms with Crippen LogP contribution in [0.25, 0.3) is 0 Å². The summed E-state index contributed by atoms with van der Waals surface area (Å²) in [6.45, 7) is 2.09. The fourth-order valence-electron chi connectivity index (χ4n) is 1.79. The zero-order valence-corrected chi connectivity index (χ0v) is 9.08. The molecule has 1 N–H and O–H groups in total. The molecule has 0 aromatic heterocycles. The van der Waals surface area contributed by atoms with Crippen molar-refractivity contribution in [2.24, 2.45) is 5.92 Å². The molecule has 1 aromatic rings. The lowest BCUT2D eigenvalue weighted by molar-refractivity contribution is 0.133. The highest BCUT2D eigenvalue weighted by atomic mass is 127. The standard InChI is InChI=1S/C10H11IO/c1-6-4-7-2-3-8(11)5-9(7)10(6)12/h2-3,5-6,10,12H,4H2,1H3. The van der Waals surface area contributed by atoms with E-state index in [0.29, 0.717) is 5.92 Å². The Kier molecular flexibility index (Phi) is 2.12. The third-order valence-electron chi connectivity index (χ3n) is 2.51. The summed E-state index contributed by atoms with van der Waals surface area (Å²) in [7, 11) is 0. The van der Waals surface area contributed by atoms with Gasteiger partial charge in [-0.2, -0.15) is 0 Å². The molecule has 2 atom stereocenters. The zero-order chi connectivity index (χ0) is 8.72. The molecule has 2 unspecified atom stereocenters. The number of aliphatic hydroxyl groups excluding tert-OH is 1. The molecule has 12 heavy (non-hydrogen) atoms. The minimum atomic E-state index is -0.241. The number of rotatable bonds is 0. The smallest absolute Gasteiger partial charge is 0.0821 e. The lowest BCUT2D eigenvalue weighted by atomic mass is 10.1. The van der Waals surface area contributed by atoms with Gasteiger partial charge in [-0.1, -0.05) is 13.0 Å². The summed E-state index contributed by atoms with van der Waals surface area (Å²) in [6, 6.07) is 6.32. The fourth-order valence-corrected chi connectivity index (χ4v) is 2.31. The first-order valence-corrected chi connectivity index (χ1v) is 5.23. The highest BCUT2D eigenvalue weighted by Gasteiger charge is 2.27. The van der Waals surface area contributed by atoms with Gasteiger partial charge in [-0.3, -0.25) is 0 Å². The van der Waals surface area contributed by atoms with Crippen molar-refractivity contribution in [1.82, 2.24) is 0 Å². The maximum Gasteiger partial charge on any atom is 0.0821 e. The predicted octanol–water partition coefficient (Wildman–Crippen LogP) is 2.52.